The van der Waals surface area contributed by atoms with Crippen LogP contribution in [0.15, 0.2) is 83.8 Å². The van der Waals surface area contributed by atoms with Crippen LogP contribution < -0.4 is 14.4 Å². The number of carbonyl (C=O) groups excluding carboxylic acids is 2. The fourth-order valence-corrected chi connectivity index (χ4v) is 5.91. The summed E-state index contributed by atoms with van der Waals surface area (Å²) in [6.07, 6.45) is -2.97. The molecule has 0 spiro atoms. The van der Waals surface area contributed by atoms with Gasteiger partial charge in [-0.05, 0) is 60.9 Å². The molecule has 0 unspecified atom stereocenters. The molecule has 0 aromatic heterocycles. The Morgan fingerprint density at radius 1 is 0.953 bits per heavy atom. The number of rotatable bonds is 14. The van der Waals surface area contributed by atoms with Crippen LogP contribution in [-0.4, -0.2) is 51.4 Å². The first-order chi connectivity index (χ1) is 20.4. The molecule has 0 saturated carbocycles. The van der Waals surface area contributed by atoms with Gasteiger partial charge in [-0.1, -0.05) is 56.7 Å². The standard InChI is InChI=1S/C31H36F3N3O5S/c1-4-6-18-35-30(39)28(5-2)36(21-23-12-10-15-26(19-23)42-3)29(38)22-37(43(40,41)27-16-8-7-9-17-27)25-14-11-13-24(20-25)31(32,33)34/h7-17,19-20,28H,4-6,18,21-22H2,1-3H3,(H,35,39)/t28-/m0/s1. The average Bonchev–Trinajstić information content (AvgIpc) is 2.99. The van der Waals surface area contributed by atoms with Gasteiger partial charge in [-0.2, -0.15) is 13.2 Å². The van der Waals surface area contributed by atoms with E-state index in [1.807, 2.05) is 6.92 Å². The van der Waals surface area contributed by atoms with Crippen LogP contribution >= 0.6 is 0 Å². The fraction of sp³-hybridized carbons (Fsp3) is 0.355. The van der Waals surface area contributed by atoms with Gasteiger partial charge in [0.2, 0.25) is 11.8 Å². The van der Waals surface area contributed by atoms with Crippen LogP contribution in [0.2, 0.25) is 0 Å². The number of ether oxygens (including phenoxy) is 1. The third-order valence-electron chi connectivity index (χ3n) is 6.77. The second kappa shape index (κ2) is 14.9. The summed E-state index contributed by atoms with van der Waals surface area (Å²) in [5.41, 5.74) is -0.793. The summed E-state index contributed by atoms with van der Waals surface area (Å²) in [7, 11) is -3.02. The molecule has 0 aliphatic carbocycles. The number of sulfonamides is 1. The van der Waals surface area contributed by atoms with Gasteiger partial charge >= 0.3 is 6.18 Å². The van der Waals surface area contributed by atoms with Gasteiger partial charge in [0, 0.05) is 13.1 Å². The molecule has 0 fully saturated rings. The highest BCUT2D eigenvalue weighted by Gasteiger charge is 2.36. The first-order valence-electron chi connectivity index (χ1n) is 13.9. The number of alkyl halides is 3. The smallest absolute Gasteiger partial charge is 0.416 e. The van der Waals surface area contributed by atoms with Gasteiger partial charge in [-0.3, -0.25) is 13.9 Å². The molecular weight excluding hydrogens is 583 g/mol. The Bertz CT molecular complexity index is 1480. The van der Waals surface area contributed by atoms with E-state index in [0.717, 1.165) is 25.0 Å². The number of methoxy groups -OCH3 is 1. The first-order valence-corrected chi connectivity index (χ1v) is 15.3. The van der Waals surface area contributed by atoms with E-state index in [4.69, 9.17) is 4.74 Å². The molecule has 0 aliphatic rings. The molecule has 8 nitrogen and oxygen atoms in total. The Morgan fingerprint density at radius 3 is 2.28 bits per heavy atom. The van der Waals surface area contributed by atoms with Crippen molar-refractivity contribution in [3.05, 3.63) is 90.0 Å². The highest BCUT2D eigenvalue weighted by atomic mass is 32.2. The molecule has 232 valence electrons. The minimum absolute atomic E-state index is 0.0719. The fourth-order valence-electron chi connectivity index (χ4n) is 4.48. The predicted molar refractivity (Wildman–Crippen MR) is 158 cm³/mol. The van der Waals surface area contributed by atoms with Gasteiger partial charge in [-0.25, -0.2) is 8.42 Å². The Hall–Kier alpha value is -4.06. The van der Waals surface area contributed by atoms with Gasteiger partial charge in [0.05, 0.1) is 23.3 Å². The van der Waals surface area contributed by atoms with E-state index in [1.54, 1.807) is 37.3 Å². The highest BCUT2D eigenvalue weighted by Crippen LogP contribution is 2.33. The van der Waals surface area contributed by atoms with Crippen LogP contribution in [0.5, 0.6) is 5.75 Å². The molecule has 1 atom stereocenters. The lowest BCUT2D eigenvalue weighted by molar-refractivity contribution is -0.140. The number of nitrogens with zero attached hydrogens (tertiary/aromatic N) is 2. The average molecular weight is 620 g/mol. The molecule has 0 heterocycles. The van der Waals surface area contributed by atoms with Crippen molar-refractivity contribution >= 4 is 27.5 Å². The van der Waals surface area contributed by atoms with Crippen molar-refractivity contribution in [3.63, 3.8) is 0 Å². The number of hydrogen-bond acceptors (Lipinski definition) is 5. The third kappa shape index (κ3) is 8.73. The van der Waals surface area contributed by atoms with E-state index < -0.39 is 46.2 Å². The van der Waals surface area contributed by atoms with Crippen molar-refractivity contribution in [1.82, 2.24) is 10.2 Å². The summed E-state index contributed by atoms with van der Waals surface area (Å²) < 4.78 is 74.4. The largest absolute Gasteiger partial charge is 0.497 e. The lowest BCUT2D eigenvalue weighted by Crippen LogP contribution is -2.52. The predicted octanol–water partition coefficient (Wildman–Crippen LogP) is 5.63. The molecule has 3 rings (SSSR count). The number of halogens is 3. The number of nitrogens with one attached hydrogen (secondary N) is 1. The summed E-state index contributed by atoms with van der Waals surface area (Å²) in [5.74, 6) is -0.663. The minimum Gasteiger partial charge on any atom is -0.497 e. The van der Waals surface area contributed by atoms with E-state index in [-0.39, 0.29) is 23.5 Å². The molecule has 12 heteroatoms. The maximum atomic E-state index is 14.1. The van der Waals surface area contributed by atoms with E-state index in [1.165, 1.54) is 42.3 Å². The van der Waals surface area contributed by atoms with Crippen molar-refractivity contribution in [3.8, 4) is 5.75 Å². The quantitative estimate of drug-likeness (QED) is 0.236. The van der Waals surface area contributed by atoms with Crippen molar-refractivity contribution in [2.45, 2.75) is 56.8 Å². The number of hydrogen-bond donors (Lipinski definition) is 1. The molecule has 3 aromatic rings. The first kappa shape index (κ1) is 33.4. The molecule has 0 radical (unpaired) electrons. The Kier molecular flexibility index (Phi) is 11.6. The molecule has 2 amide bonds. The van der Waals surface area contributed by atoms with E-state index >= 15 is 0 Å². The molecule has 0 saturated heterocycles. The van der Waals surface area contributed by atoms with Gasteiger partial charge in [0.15, 0.2) is 0 Å². The Morgan fingerprint density at radius 2 is 1.65 bits per heavy atom. The van der Waals surface area contributed by atoms with Crippen LogP contribution in [0.4, 0.5) is 18.9 Å². The van der Waals surface area contributed by atoms with E-state index in [2.05, 4.69) is 5.32 Å². The summed E-state index contributed by atoms with van der Waals surface area (Å²) in [4.78, 5) is 28.4. The number of amides is 2. The maximum absolute atomic E-state index is 14.1. The number of unbranched alkanes of at least 4 members (excludes halogenated alkanes) is 1. The van der Waals surface area contributed by atoms with E-state index in [9.17, 15) is 31.2 Å². The molecule has 0 aliphatic heterocycles. The van der Waals surface area contributed by atoms with Gasteiger partial charge in [-0.15, -0.1) is 0 Å². The lowest BCUT2D eigenvalue weighted by atomic mass is 10.1. The van der Waals surface area contributed by atoms with Crippen LogP contribution in [0, 0.1) is 0 Å². The number of benzene rings is 3. The van der Waals surface area contributed by atoms with Crippen LogP contribution in [0.3, 0.4) is 0 Å². The zero-order valence-electron chi connectivity index (χ0n) is 24.3. The summed E-state index contributed by atoms with van der Waals surface area (Å²) in [6.45, 7) is 3.17. The topological polar surface area (TPSA) is 96.0 Å². The van der Waals surface area contributed by atoms with Crippen molar-refractivity contribution < 1.29 is 35.9 Å². The summed E-state index contributed by atoms with van der Waals surface area (Å²) in [6, 6.07) is 16.8. The molecule has 43 heavy (non-hydrogen) atoms. The number of anilines is 1. The highest BCUT2D eigenvalue weighted by molar-refractivity contribution is 7.92. The van der Waals surface area contributed by atoms with E-state index in [0.29, 0.717) is 28.2 Å². The molecular formula is C31H36F3N3O5S. The zero-order chi connectivity index (χ0) is 31.6. The summed E-state index contributed by atoms with van der Waals surface area (Å²) >= 11 is 0. The van der Waals surface area contributed by atoms with Crippen molar-refractivity contribution in [2.24, 2.45) is 0 Å². The monoisotopic (exact) mass is 619 g/mol. The van der Waals surface area contributed by atoms with Crippen molar-refractivity contribution in [2.75, 3.05) is 24.5 Å². The maximum Gasteiger partial charge on any atom is 0.416 e. The second-order valence-electron chi connectivity index (χ2n) is 9.81. The van der Waals surface area contributed by atoms with Gasteiger partial charge < -0.3 is 15.0 Å². The lowest BCUT2D eigenvalue weighted by Gasteiger charge is -2.33. The summed E-state index contributed by atoms with van der Waals surface area (Å²) in [5, 5.41) is 2.83. The Labute approximate surface area is 250 Å². The van der Waals surface area contributed by atoms with Crippen LogP contribution in [-0.2, 0) is 32.3 Å². The van der Waals surface area contributed by atoms with Gasteiger partial charge in [0.1, 0.15) is 18.3 Å². The van der Waals surface area contributed by atoms with Crippen LogP contribution in [0.25, 0.3) is 0 Å². The molecule has 1 N–H and O–H groups in total. The molecule has 0 bridgehead atoms. The normalized spacial score (nSPS) is 12.3. The van der Waals surface area contributed by atoms with Gasteiger partial charge in [0.25, 0.3) is 10.0 Å². The third-order valence-corrected chi connectivity index (χ3v) is 8.56. The Balaban J connectivity index is 2.09. The zero-order valence-corrected chi connectivity index (χ0v) is 25.1. The second-order valence-corrected chi connectivity index (χ2v) is 11.7. The number of carbonyl (C=O) groups is 2. The SMILES string of the molecule is CCCCNC(=O)[C@H](CC)N(Cc1cccc(OC)c1)C(=O)CN(c1cccc(C(F)(F)F)c1)S(=O)(=O)c1ccccc1. The van der Waals surface area contributed by atoms with Crippen LogP contribution in [0.1, 0.15) is 44.2 Å². The van der Waals surface area contributed by atoms with Crippen molar-refractivity contribution in [1.29, 1.82) is 0 Å². The molecule has 3 aromatic carbocycles. The minimum atomic E-state index is -4.75.